The number of rotatable bonds is 4. The van der Waals surface area contributed by atoms with E-state index in [2.05, 4.69) is 5.32 Å². The van der Waals surface area contributed by atoms with Crippen LogP contribution < -0.4 is 5.32 Å². The highest BCUT2D eigenvalue weighted by molar-refractivity contribution is 6.30. The molecule has 2 heterocycles. The van der Waals surface area contributed by atoms with Crippen LogP contribution in [0.2, 0.25) is 5.02 Å². The Morgan fingerprint density at radius 3 is 3.09 bits per heavy atom. The molecule has 2 fully saturated rings. The molecule has 0 aromatic heterocycles. The van der Waals surface area contributed by atoms with Gasteiger partial charge in [0.05, 0.1) is 12.1 Å². The molecule has 23 heavy (non-hydrogen) atoms. The monoisotopic (exact) mass is 336 g/mol. The van der Waals surface area contributed by atoms with Crippen LogP contribution in [-0.4, -0.2) is 43.2 Å². The molecule has 1 aromatic rings. The van der Waals surface area contributed by atoms with Gasteiger partial charge in [0, 0.05) is 37.7 Å². The van der Waals surface area contributed by atoms with Crippen LogP contribution in [0.1, 0.15) is 43.7 Å². The zero-order chi connectivity index (χ0) is 16.1. The fourth-order valence-corrected chi connectivity index (χ4v) is 3.68. The third-order valence-corrected chi connectivity index (χ3v) is 4.99. The first-order chi connectivity index (χ1) is 11.2. The molecule has 4 nitrogen and oxygen atoms in total. The van der Waals surface area contributed by atoms with E-state index in [1.54, 1.807) is 0 Å². The molecule has 0 saturated carbocycles. The number of carbonyl (C=O) groups excluding carboxylic acids is 1. The second-order valence-electron chi connectivity index (χ2n) is 6.39. The largest absolute Gasteiger partial charge is 0.378 e. The molecule has 2 aliphatic rings. The molecule has 5 heteroatoms. The number of hydrogen-bond acceptors (Lipinski definition) is 3. The molecule has 0 radical (unpaired) electrons. The highest BCUT2D eigenvalue weighted by atomic mass is 35.5. The molecule has 2 unspecified atom stereocenters. The fraction of sp³-hybridized carbons (Fsp3) is 0.611. The van der Waals surface area contributed by atoms with E-state index in [9.17, 15) is 4.79 Å². The van der Waals surface area contributed by atoms with E-state index >= 15 is 0 Å². The van der Waals surface area contributed by atoms with E-state index in [1.807, 2.05) is 29.2 Å². The smallest absolute Gasteiger partial charge is 0.223 e. The maximum absolute atomic E-state index is 12.7. The van der Waals surface area contributed by atoms with Crippen LogP contribution in [-0.2, 0) is 9.53 Å². The molecule has 1 amide bonds. The molecular weight excluding hydrogens is 312 g/mol. The Labute approximate surface area is 143 Å². The topological polar surface area (TPSA) is 41.6 Å². The standard InChI is InChI=1S/C18H25ClN2O2/c19-15-5-3-4-14(12-15)17-13-20-9-10-21(17)18(22)8-7-16-6-1-2-11-23-16/h3-5,12,16-17,20H,1-2,6-11,13H2. The van der Waals surface area contributed by atoms with Crippen LogP contribution in [0.25, 0.3) is 0 Å². The quantitative estimate of drug-likeness (QED) is 0.918. The van der Waals surface area contributed by atoms with Crippen molar-refractivity contribution >= 4 is 17.5 Å². The highest BCUT2D eigenvalue weighted by Gasteiger charge is 2.28. The first-order valence-electron chi connectivity index (χ1n) is 8.61. The Kier molecular flexibility index (Phi) is 5.92. The van der Waals surface area contributed by atoms with E-state index in [4.69, 9.17) is 16.3 Å². The molecule has 2 saturated heterocycles. The van der Waals surface area contributed by atoms with Gasteiger partial charge < -0.3 is 15.0 Å². The average molecular weight is 337 g/mol. The third-order valence-electron chi connectivity index (χ3n) is 4.75. The van der Waals surface area contributed by atoms with Crippen molar-refractivity contribution in [1.29, 1.82) is 0 Å². The van der Waals surface area contributed by atoms with Gasteiger partial charge in [-0.2, -0.15) is 0 Å². The summed E-state index contributed by atoms with van der Waals surface area (Å²) in [6.07, 6.45) is 5.14. The fourth-order valence-electron chi connectivity index (χ4n) is 3.48. The minimum absolute atomic E-state index is 0.0715. The predicted molar refractivity (Wildman–Crippen MR) is 91.6 cm³/mol. The van der Waals surface area contributed by atoms with Crippen molar-refractivity contribution in [2.24, 2.45) is 0 Å². The van der Waals surface area contributed by atoms with E-state index in [1.165, 1.54) is 6.42 Å². The van der Waals surface area contributed by atoms with Crippen molar-refractivity contribution in [3.05, 3.63) is 34.9 Å². The minimum Gasteiger partial charge on any atom is -0.378 e. The van der Waals surface area contributed by atoms with Gasteiger partial charge in [0.25, 0.3) is 0 Å². The van der Waals surface area contributed by atoms with Crippen molar-refractivity contribution < 1.29 is 9.53 Å². The lowest BCUT2D eigenvalue weighted by Gasteiger charge is -2.37. The molecule has 0 spiro atoms. The molecule has 1 N–H and O–H groups in total. The van der Waals surface area contributed by atoms with Gasteiger partial charge >= 0.3 is 0 Å². The molecular formula is C18H25ClN2O2. The van der Waals surface area contributed by atoms with Crippen LogP contribution >= 0.6 is 11.6 Å². The molecule has 2 aliphatic heterocycles. The normalized spacial score (nSPS) is 25.3. The van der Waals surface area contributed by atoms with E-state index < -0.39 is 0 Å². The molecule has 3 rings (SSSR count). The Bertz CT molecular complexity index is 532. The van der Waals surface area contributed by atoms with E-state index in [0.29, 0.717) is 6.42 Å². The lowest BCUT2D eigenvalue weighted by Crippen LogP contribution is -2.48. The van der Waals surface area contributed by atoms with Gasteiger partial charge in [0.1, 0.15) is 0 Å². The lowest BCUT2D eigenvalue weighted by atomic mass is 10.0. The predicted octanol–water partition coefficient (Wildman–Crippen LogP) is 3.16. The van der Waals surface area contributed by atoms with Gasteiger partial charge in [0.15, 0.2) is 0 Å². The second kappa shape index (κ2) is 8.13. The summed E-state index contributed by atoms with van der Waals surface area (Å²) in [5.74, 6) is 0.227. The van der Waals surface area contributed by atoms with Crippen LogP contribution in [0.5, 0.6) is 0 Å². The second-order valence-corrected chi connectivity index (χ2v) is 6.83. The molecule has 126 valence electrons. The summed E-state index contributed by atoms with van der Waals surface area (Å²) in [5.41, 5.74) is 1.10. The summed E-state index contributed by atoms with van der Waals surface area (Å²) in [5, 5.41) is 4.10. The Balaban J connectivity index is 1.62. The van der Waals surface area contributed by atoms with Gasteiger partial charge in [-0.3, -0.25) is 4.79 Å². The lowest BCUT2D eigenvalue weighted by molar-refractivity contribution is -0.135. The van der Waals surface area contributed by atoms with Crippen LogP contribution in [0.4, 0.5) is 0 Å². The molecule has 0 bridgehead atoms. The van der Waals surface area contributed by atoms with Crippen LogP contribution in [0.3, 0.4) is 0 Å². The third kappa shape index (κ3) is 4.46. The zero-order valence-corrected chi connectivity index (χ0v) is 14.2. The summed E-state index contributed by atoms with van der Waals surface area (Å²) in [6, 6.07) is 7.90. The molecule has 0 aliphatic carbocycles. The molecule has 1 aromatic carbocycles. The van der Waals surface area contributed by atoms with Crippen molar-refractivity contribution in [2.45, 2.75) is 44.2 Å². The average Bonchev–Trinajstić information content (AvgIpc) is 2.60. The SMILES string of the molecule is O=C(CCC1CCCCO1)N1CCNCC1c1cccc(Cl)c1. The summed E-state index contributed by atoms with van der Waals surface area (Å²) in [7, 11) is 0. The number of piperazine rings is 1. The van der Waals surface area contributed by atoms with Gasteiger partial charge in [0.2, 0.25) is 5.91 Å². The van der Waals surface area contributed by atoms with Crippen LogP contribution in [0.15, 0.2) is 24.3 Å². The van der Waals surface area contributed by atoms with Gasteiger partial charge in [-0.15, -0.1) is 0 Å². The van der Waals surface area contributed by atoms with Gasteiger partial charge in [-0.05, 0) is 43.4 Å². The van der Waals surface area contributed by atoms with Gasteiger partial charge in [-0.25, -0.2) is 0 Å². The number of hydrogen-bond donors (Lipinski definition) is 1. The first kappa shape index (κ1) is 16.7. The molecule has 2 atom stereocenters. The summed E-state index contributed by atoms with van der Waals surface area (Å²) >= 11 is 6.11. The summed E-state index contributed by atoms with van der Waals surface area (Å²) in [4.78, 5) is 14.7. The number of ether oxygens (including phenoxy) is 1. The Hall–Kier alpha value is -1.10. The number of benzene rings is 1. The summed E-state index contributed by atoms with van der Waals surface area (Å²) in [6.45, 7) is 3.23. The van der Waals surface area contributed by atoms with E-state index in [0.717, 1.165) is 56.1 Å². The van der Waals surface area contributed by atoms with Crippen molar-refractivity contribution in [3.8, 4) is 0 Å². The van der Waals surface area contributed by atoms with Crippen LogP contribution in [0, 0.1) is 0 Å². The first-order valence-corrected chi connectivity index (χ1v) is 8.99. The Morgan fingerprint density at radius 1 is 1.39 bits per heavy atom. The van der Waals surface area contributed by atoms with Crippen molar-refractivity contribution in [1.82, 2.24) is 10.2 Å². The maximum Gasteiger partial charge on any atom is 0.223 e. The van der Waals surface area contributed by atoms with Crippen molar-refractivity contribution in [3.63, 3.8) is 0 Å². The minimum atomic E-state index is 0.0715. The number of nitrogens with one attached hydrogen (secondary N) is 1. The zero-order valence-electron chi connectivity index (χ0n) is 13.5. The maximum atomic E-state index is 12.7. The number of carbonyl (C=O) groups is 1. The number of nitrogens with zero attached hydrogens (tertiary/aromatic N) is 1. The summed E-state index contributed by atoms with van der Waals surface area (Å²) < 4.78 is 5.74. The van der Waals surface area contributed by atoms with Crippen molar-refractivity contribution in [2.75, 3.05) is 26.2 Å². The highest BCUT2D eigenvalue weighted by Crippen LogP contribution is 2.26. The van der Waals surface area contributed by atoms with Gasteiger partial charge in [-0.1, -0.05) is 23.7 Å². The Morgan fingerprint density at radius 2 is 2.30 bits per heavy atom. The number of amides is 1. The van der Waals surface area contributed by atoms with E-state index in [-0.39, 0.29) is 18.1 Å². The number of halogens is 1.